The average Bonchev–Trinajstić information content (AvgIpc) is 3.19. The van der Waals surface area contributed by atoms with E-state index in [0.29, 0.717) is 35.7 Å². The molecule has 14 heteroatoms. The minimum atomic E-state index is -0.729. The number of rotatable bonds is 6. The van der Waals surface area contributed by atoms with Crippen molar-refractivity contribution >= 4 is 41.2 Å². The number of aromatic nitrogens is 5. The van der Waals surface area contributed by atoms with Crippen LogP contribution in [0.15, 0.2) is 36.7 Å². The molecule has 1 aliphatic heterocycles. The Morgan fingerprint density at radius 3 is 2.46 bits per heavy atom. The summed E-state index contributed by atoms with van der Waals surface area (Å²) in [6, 6.07) is 6.81. The third-order valence-corrected chi connectivity index (χ3v) is 7.29. The van der Waals surface area contributed by atoms with Gasteiger partial charge in [-0.05, 0) is 57.7 Å². The van der Waals surface area contributed by atoms with Crippen LogP contribution < -0.4 is 10.6 Å². The molecule has 1 saturated carbocycles. The minimum absolute atomic E-state index is 0.106. The lowest BCUT2D eigenvalue weighted by molar-refractivity contribution is -0.118. The summed E-state index contributed by atoms with van der Waals surface area (Å²) in [5, 5.41) is 13.9. The van der Waals surface area contributed by atoms with Crippen LogP contribution in [0.4, 0.5) is 21.1 Å². The molecule has 0 aromatic carbocycles. The molecule has 3 aromatic rings. The molecule has 0 unspecified atom stereocenters. The Morgan fingerprint density at radius 1 is 1.10 bits per heavy atom. The molecule has 5 rings (SSSR count). The van der Waals surface area contributed by atoms with E-state index in [-0.39, 0.29) is 40.7 Å². The van der Waals surface area contributed by atoms with Crippen LogP contribution in [-0.2, 0) is 21.3 Å². The van der Waals surface area contributed by atoms with E-state index in [1.807, 2.05) is 20.8 Å². The number of halogens is 1. The molecule has 4 atom stereocenters. The first-order valence-electron chi connectivity index (χ1n) is 13.1. The van der Waals surface area contributed by atoms with Gasteiger partial charge in [-0.25, -0.2) is 19.3 Å². The predicted octanol–water partition coefficient (Wildman–Crippen LogP) is 4.29. The van der Waals surface area contributed by atoms with Gasteiger partial charge in [0, 0.05) is 37.8 Å². The SMILES string of the molecule is C[C@@H](OC(=O)Nc1c(-c2ccc(NC(=O)[C@H]3[C@@H]4CN(C(=O)OC(C)(C)C)C[C@@H]43)cn2)nnn1C)c1cccnc1Cl. The number of ether oxygens (including phenoxy) is 2. The second-order valence-corrected chi connectivity index (χ2v) is 11.5. The number of carbonyl (C=O) groups excluding carboxylic acids is 3. The number of aryl methyl sites for hydroxylation is 1. The van der Waals surface area contributed by atoms with E-state index in [1.165, 1.54) is 10.9 Å². The van der Waals surface area contributed by atoms with Gasteiger partial charge in [0.25, 0.3) is 0 Å². The summed E-state index contributed by atoms with van der Waals surface area (Å²) in [5.74, 6) is 0.272. The minimum Gasteiger partial charge on any atom is -0.444 e. The summed E-state index contributed by atoms with van der Waals surface area (Å²) in [6.45, 7) is 8.19. The summed E-state index contributed by atoms with van der Waals surface area (Å²) >= 11 is 6.10. The van der Waals surface area contributed by atoms with Crippen molar-refractivity contribution in [2.24, 2.45) is 24.8 Å². The molecule has 0 radical (unpaired) electrons. The van der Waals surface area contributed by atoms with E-state index in [1.54, 1.807) is 49.3 Å². The molecule has 2 aliphatic rings. The number of anilines is 2. The second kappa shape index (κ2) is 11.0. The molecule has 3 amide bonds. The van der Waals surface area contributed by atoms with Gasteiger partial charge < -0.3 is 19.7 Å². The Balaban J connectivity index is 1.16. The number of nitrogens with zero attached hydrogens (tertiary/aromatic N) is 6. The van der Waals surface area contributed by atoms with Gasteiger partial charge in [-0.15, -0.1) is 5.10 Å². The first-order valence-corrected chi connectivity index (χ1v) is 13.5. The van der Waals surface area contributed by atoms with Crippen LogP contribution in [0.2, 0.25) is 5.15 Å². The Kier molecular flexibility index (Phi) is 7.56. The van der Waals surface area contributed by atoms with E-state index in [9.17, 15) is 14.4 Å². The van der Waals surface area contributed by atoms with E-state index < -0.39 is 17.8 Å². The number of likely N-dealkylation sites (tertiary alicyclic amines) is 1. The van der Waals surface area contributed by atoms with Crippen molar-refractivity contribution in [1.29, 1.82) is 0 Å². The zero-order valence-electron chi connectivity index (χ0n) is 23.3. The molecule has 1 aliphatic carbocycles. The molecule has 3 aromatic heterocycles. The van der Waals surface area contributed by atoms with E-state index in [0.717, 1.165) is 0 Å². The maximum Gasteiger partial charge on any atom is 0.413 e. The third-order valence-electron chi connectivity index (χ3n) is 6.98. The van der Waals surface area contributed by atoms with Crippen molar-refractivity contribution in [2.75, 3.05) is 23.7 Å². The van der Waals surface area contributed by atoms with Crippen LogP contribution in [0.1, 0.15) is 39.4 Å². The van der Waals surface area contributed by atoms with Gasteiger partial charge in [0.1, 0.15) is 16.9 Å². The maximum atomic E-state index is 12.9. The number of hydrogen-bond donors (Lipinski definition) is 2. The molecule has 2 fully saturated rings. The van der Waals surface area contributed by atoms with Gasteiger partial charge >= 0.3 is 12.2 Å². The molecular formula is C27H31ClN8O5. The molecule has 2 N–H and O–H groups in total. The highest BCUT2D eigenvalue weighted by molar-refractivity contribution is 6.30. The summed E-state index contributed by atoms with van der Waals surface area (Å²) in [5.41, 5.74) is 1.30. The molecule has 0 bridgehead atoms. The highest BCUT2D eigenvalue weighted by Gasteiger charge is 2.60. The standard InChI is InChI=1S/C27H31ClN8O5/c1-14(16-7-6-10-29-22(16)28)40-25(38)32-23-21(33-34-35(23)5)19-9-8-15(11-30-19)31-24(37)20-17-12-36(13-18(17)20)26(39)41-27(2,3)4/h6-11,14,17-18,20H,12-13H2,1-5H3,(H,31,37)(H,32,38)/t14-,17-,18+,20+/m1/s1. The number of carbonyl (C=O) groups is 3. The zero-order valence-corrected chi connectivity index (χ0v) is 24.0. The van der Waals surface area contributed by atoms with Gasteiger partial charge in [-0.1, -0.05) is 22.9 Å². The molecular weight excluding hydrogens is 552 g/mol. The Morgan fingerprint density at radius 2 is 1.83 bits per heavy atom. The number of fused-ring (bicyclic) bond motifs is 1. The topological polar surface area (TPSA) is 153 Å². The van der Waals surface area contributed by atoms with Gasteiger partial charge in [-0.3, -0.25) is 15.1 Å². The molecule has 1 saturated heterocycles. The lowest BCUT2D eigenvalue weighted by atomic mass is 10.2. The van der Waals surface area contributed by atoms with Crippen molar-refractivity contribution in [3.05, 3.63) is 47.4 Å². The average molecular weight is 583 g/mol. The fourth-order valence-corrected chi connectivity index (χ4v) is 5.22. The number of piperidine rings is 1. The Hall–Kier alpha value is -4.26. The number of pyridine rings is 2. The first-order chi connectivity index (χ1) is 19.4. The third kappa shape index (κ3) is 6.24. The zero-order chi connectivity index (χ0) is 29.5. The second-order valence-electron chi connectivity index (χ2n) is 11.1. The monoisotopic (exact) mass is 582 g/mol. The summed E-state index contributed by atoms with van der Waals surface area (Å²) < 4.78 is 12.3. The van der Waals surface area contributed by atoms with Gasteiger partial charge in [-0.2, -0.15) is 0 Å². The van der Waals surface area contributed by atoms with Crippen molar-refractivity contribution in [2.45, 2.75) is 39.4 Å². The number of amides is 3. The van der Waals surface area contributed by atoms with Crippen LogP contribution in [0.5, 0.6) is 0 Å². The molecule has 41 heavy (non-hydrogen) atoms. The smallest absolute Gasteiger partial charge is 0.413 e. The highest BCUT2D eigenvalue weighted by Crippen LogP contribution is 2.52. The number of hydrogen-bond acceptors (Lipinski definition) is 9. The van der Waals surface area contributed by atoms with E-state index >= 15 is 0 Å². The Bertz CT molecular complexity index is 1460. The van der Waals surface area contributed by atoms with Crippen LogP contribution in [-0.4, -0.2) is 66.6 Å². The Labute approximate surface area is 241 Å². The van der Waals surface area contributed by atoms with Gasteiger partial charge in [0.15, 0.2) is 11.5 Å². The van der Waals surface area contributed by atoms with Gasteiger partial charge in [0.05, 0.1) is 17.6 Å². The van der Waals surface area contributed by atoms with Crippen molar-refractivity contribution in [3.63, 3.8) is 0 Å². The maximum absolute atomic E-state index is 12.9. The fraction of sp³-hybridized carbons (Fsp3) is 0.444. The fourth-order valence-electron chi connectivity index (χ4n) is 4.95. The normalized spacial score (nSPS) is 20.1. The van der Waals surface area contributed by atoms with E-state index in [4.69, 9.17) is 21.1 Å². The lowest BCUT2D eigenvalue weighted by Crippen LogP contribution is -2.38. The summed E-state index contributed by atoms with van der Waals surface area (Å²) in [4.78, 5) is 47.9. The van der Waals surface area contributed by atoms with Crippen LogP contribution >= 0.6 is 11.6 Å². The molecule has 0 spiro atoms. The van der Waals surface area contributed by atoms with Crippen LogP contribution in [0.3, 0.4) is 0 Å². The van der Waals surface area contributed by atoms with Crippen LogP contribution in [0.25, 0.3) is 11.4 Å². The highest BCUT2D eigenvalue weighted by atomic mass is 35.5. The number of nitrogens with one attached hydrogen (secondary N) is 2. The van der Waals surface area contributed by atoms with Crippen molar-refractivity contribution < 1.29 is 23.9 Å². The molecule has 216 valence electrons. The quantitative estimate of drug-likeness (QED) is 0.405. The summed E-state index contributed by atoms with van der Waals surface area (Å²) in [6.07, 6.45) is 1.35. The van der Waals surface area contributed by atoms with Crippen molar-refractivity contribution in [1.82, 2.24) is 29.9 Å². The van der Waals surface area contributed by atoms with Gasteiger partial charge in [0.2, 0.25) is 5.91 Å². The molecule has 13 nitrogen and oxygen atoms in total. The van der Waals surface area contributed by atoms with Crippen LogP contribution in [0, 0.1) is 17.8 Å². The first kappa shape index (κ1) is 28.3. The lowest BCUT2D eigenvalue weighted by Gasteiger charge is -2.25. The van der Waals surface area contributed by atoms with Crippen molar-refractivity contribution in [3.8, 4) is 11.4 Å². The molecule has 4 heterocycles. The van der Waals surface area contributed by atoms with E-state index in [2.05, 4.69) is 30.9 Å². The summed E-state index contributed by atoms with van der Waals surface area (Å²) in [7, 11) is 1.62. The largest absolute Gasteiger partial charge is 0.444 e. The predicted molar refractivity (Wildman–Crippen MR) is 149 cm³/mol.